The molecule has 8 heavy (non-hydrogen) atoms. The van der Waals surface area contributed by atoms with Crippen LogP contribution in [0.4, 0.5) is 0 Å². The highest BCUT2D eigenvalue weighted by Crippen LogP contribution is 1.97. The lowest BCUT2D eigenvalue weighted by Gasteiger charge is -2.09. The highest BCUT2D eigenvalue weighted by molar-refractivity contribution is 5.72. The fourth-order valence-corrected chi connectivity index (χ4v) is 0.675. The third-order valence-electron chi connectivity index (χ3n) is 1.18. The number of hydrogen-bond acceptors (Lipinski definition) is 2. The molecule has 2 heteroatoms. The van der Waals surface area contributed by atoms with E-state index in [4.69, 9.17) is 0 Å². The van der Waals surface area contributed by atoms with E-state index >= 15 is 0 Å². The molecule has 0 fully saturated rings. The maximum Gasteiger partial charge on any atom is 0.103 e. The summed E-state index contributed by atoms with van der Waals surface area (Å²) < 4.78 is 0. The van der Waals surface area contributed by atoms with Gasteiger partial charge in [0.15, 0.2) is 0 Å². The lowest BCUT2D eigenvalue weighted by Crippen LogP contribution is -2.23. The first-order valence-electron chi connectivity index (χ1n) is 2.79. The summed E-state index contributed by atoms with van der Waals surface area (Å²) in [5, 5.41) is 3.05. The van der Waals surface area contributed by atoms with E-state index in [1.165, 1.54) is 0 Å². The molecule has 0 bridgehead atoms. The first-order chi connectivity index (χ1) is 3.93. The molecule has 44 valence electrons. The second kappa shape index (κ2) is 2.62. The van der Waals surface area contributed by atoms with Crippen LogP contribution in [0.5, 0.6) is 0 Å². The van der Waals surface area contributed by atoms with Crippen LogP contribution in [0.1, 0.15) is 6.42 Å². The van der Waals surface area contributed by atoms with E-state index in [1.807, 2.05) is 19.3 Å². The van der Waals surface area contributed by atoms with Gasteiger partial charge in [-0.25, -0.2) is 0 Å². The fraction of sp³-hybridized carbons (Fsp3) is 0.500. The van der Waals surface area contributed by atoms with Crippen LogP contribution in [-0.4, -0.2) is 19.4 Å². The second-order valence-corrected chi connectivity index (χ2v) is 1.77. The summed E-state index contributed by atoms with van der Waals surface area (Å²) in [6.45, 7) is 0. The molecule has 0 aromatic heterocycles. The summed E-state index contributed by atoms with van der Waals surface area (Å²) in [6.07, 6.45) is 7.24. The zero-order valence-electron chi connectivity index (χ0n) is 4.96. The number of nitrogens with zero attached hydrogens (tertiary/aromatic N) is 1. The molecule has 1 rings (SSSR count). The molecule has 0 saturated heterocycles. The van der Waals surface area contributed by atoms with E-state index in [9.17, 15) is 0 Å². The van der Waals surface area contributed by atoms with Crippen molar-refractivity contribution in [2.45, 2.75) is 12.6 Å². The van der Waals surface area contributed by atoms with Crippen molar-refractivity contribution in [3.63, 3.8) is 0 Å². The zero-order chi connectivity index (χ0) is 5.82. The quantitative estimate of drug-likeness (QED) is 0.524. The number of hydrogen-bond donors (Lipinski definition) is 1. The van der Waals surface area contributed by atoms with Crippen molar-refractivity contribution in [3.05, 3.63) is 12.2 Å². The number of rotatable bonds is 1. The van der Waals surface area contributed by atoms with Gasteiger partial charge in [0.05, 0.1) is 0 Å². The average Bonchev–Trinajstić information content (AvgIpc) is 1.90. The Kier molecular flexibility index (Phi) is 1.80. The summed E-state index contributed by atoms with van der Waals surface area (Å²) >= 11 is 0. The lowest BCUT2D eigenvalue weighted by atomic mass is 10.3. The van der Waals surface area contributed by atoms with Gasteiger partial charge in [-0.3, -0.25) is 10.3 Å². The number of nitrogens with one attached hydrogen (secondary N) is 1. The van der Waals surface area contributed by atoms with Gasteiger partial charge in [-0.1, -0.05) is 6.08 Å². The minimum absolute atomic E-state index is 0.319. The minimum Gasteiger partial charge on any atom is -0.299 e. The maximum atomic E-state index is 4.12. The summed E-state index contributed by atoms with van der Waals surface area (Å²) in [6, 6.07) is 0. The topological polar surface area (TPSA) is 24.4 Å². The maximum absolute atomic E-state index is 4.12. The van der Waals surface area contributed by atoms with Gasteiger partial charge >= 0.3 is 0 Å². The largest absolute Gasteiger partial charge is 0.299 e. The van der Waals surface area contributed by atoms with Crippen LogP contribution in [0.3, 0.4) is 0 Å². The molecule has 1 heterocycles. The summed E-state index contributed by atoms with van der Waals surface area (Å²) in [5.41, 5.74) is 0. The minimum atomic E-state index is 0.319. The standard InChI is InChI=1S/C6H10N2/c1-7-6-4-2-3-5-8-6/h2-3,5-7H,4H2,1H3. The zero-order valence-corrected chi connectivity index (χ0v) is 4.96. The van der Waals surface area contributed by atoms with E-state index in [-0.39, 0.29) is 0 Å². The van der Waals surface area contributed by atoms with Crippen LogP contribution < -0.4 is 5.32 Å². The molecule has 1 aliphatic rings. The first-order valence-corrected chi connectivity index (χ1v) is 2.79. The van der Waals surface area contributed by atoms with E-state index in [0.29, 0.717) is 6.17 Å². The number of dihydropyridines is 1. The van der Waals surface area contributed by atoms with Gasteiger partial charge in [-0.05, 0) is 13.1 Å². The molecule has 0 spiro atoms. The molecule has 2 nitrogen and oxygen atoms in total. The average molecular weight is 110 g/mol. The smallest absolute Gasteiger partial charge is 0.103 e. The molecule has 1 unspecified atom stereocenters. The van der Waals surface area contributed by atoms with Gasteiger partial charge in [0.1, 0.15) is 6.17 Å². The van der Waals surface area contributed by atoms with Crippen LogP contribution in [0, 0.1) is 0 Å². The molecule has 1 N–H and O–H groups in total. The Morgan fingerprint density at radius 3 is 3.00 bits per heavy atom. The Balaban J connectivity index is 2.40. The predicted molar refractivity (Wildman–Crippen MR) is 35.1 cm³/mol. The molecular weight excluding hydrogens is 100 g/mol. The van der Waals surface area contributed by atoms with Crippen LogP contribution >= 0.6 is 0 Å². The number of aliphatic imine (C=N–C) groups is 1. The van der Waals surface area contributed by atoms with Gasteiger partial charge in [-0.2, -0.15) is 0 Å². The first kappa shape index (κ1) is 5.51. The Morgan fingerprint density at radius 1 is 1.75 bits per heavy atom. The van der Waals surface area contributed by atoms with Gasteiger partial charge in [0.25, 0.3) is 0 Å². The SMILES string of the molecule is CNC1CC=CC=N1. The van der Waals surface area contributed by atoms with Crippen LogP contribution in [-0.2, 0) is 0 Å². The van der Waals surface area contributed by atoms with E-state index < -0.39 is 0 Å². The number of allylic oxidation sites excluding steroid dienone is 1. The molecule has 1 aliphatic heterocycles. The van der Waals surface area contributed by atoms with Gasteiger partial charge in [-0.15, -0.1) is 0 Å². The van der Waals surface area contributed by atoms with Gasteiger partial charge < -0.3 is 0 Å². The lowest BCUT2D eigenvalue weighted by molar-refractivity contribution is 0.594. The van der Waals surface area contributed by atoms with Crippen LogP contribution in [0.25, 0.3) is 0 Å². The molecule has 0 saturated carbocycles. The Hall–Kier alpha value is -0.630. The molecule has 0 aromatic rings. The van der Waals surface area contributed by atoms with Crippen molar-refractivity contribution in [2.24, 2.45) is 4.99 Å². The third kappa shape index (κ3) is 1.17. The van der Waals surface area contributed by atoms with Crippen LogP contribution in [0.15, 0.2) is 17.1 Å². The normalized spacial score (nSPS) is 26.4. The van der Waals surface area contributed by atoms with Gasteiger partial charge in [0.2, 0.25) is 0 Å². The molecule has 0 radical (unpaired) electrons. The van der Waals surface area contributed by atoms with Gasteiger partial charge in [0, 0.05) is 12.6 Å². The van der Waals surface area contributed by atoms with Crippen molar-refractivity contribution >= 4 is 6.21 Å². The van der Waals surface area contributed by atoms with Crippen molar-refractivity contribution < 1.29 is 0 Å². The van der Waals surface area contributed by atoms with Crippen molar-refractivity contribution in [1.29, 1.82) is 0 Å². The van der Waals surface area contributed by atoms with Crippen LogP contribution in [0.2, 0.25) is 0 Å². The van der Waals surface area contributed by atoms with E-state index in [0.717, 1.165) is 6.42 Å². The van der Waals surface area contributed by atoms with Crippen molar-refractivity contribution in [3.8, 4) is 0 Å². The third-order valence-corrected chi connectivity index (χ3v) is 1.18. The molecule has 0 amide bonds. The predicted octanol–water partition coefficient (Wildman–Crippen LogP) is 0.563. The van der Waals surface area contributed by atoms with E-state index in [1.54, 1.807) is 0 Å². The molecule has 1 atom stereocenters. The summed E-state index contributed by atoms with van der Waals surface area (Å²) in [7, 11) is 1.92. The highest BCUT2D eigenvalue weighted by Gasteiger charge is 1.99. The fourth-order valence-electron chi connectivity index (χ4n) is 0.675. The Labute approximate surface area is 49.3 Å². The molecular formula is C6H10N2. The molecule has 0 aromatic carbocycles. The second-order valence-electron chi connectivity index (χ2n) is 1.77. The Morgan fingerprint density at radius 2 is 2.62 bits per heavy atom. The van der Waals surface area contributed by atoms with Crippen molar-refractivity contribution in [1.82, 2.24) is 5.32 Å². The Bertz CT molecular complexity index is 116. The van der Waals surface area contributed by atoms with Crippen molar-refractivity contribution in [2.75, 3.05) is 7.05 Å². The highest BCUT2D eigenvalue weighted by atomic mass is 15.0. The van der Waals surface area contributed by atoms with E-state index in [2.05, 4.69) is 16.4 Å². The summed E-state index contributed by atoms with van der Waals surface area (Å²) in [4.78, 5) is 4.12. The molecule has 0 aliphatic carbocycles. The summed E-state index contributed by atoms with van der Waals surface area (Å²) in [5.74, 6) is 0. The monoisotopic (exact) mass is 110 g/mol.